The summed E-state index contributed by atoms with van der Waals surface area (Å²) in [6.07, 6.45) is 3.12. The van der Waals surface area contributed by atoms with E-state index in [4.69, 9.17) is 4.74 Å². The number of benzene rings is 2. The normalized spacial score (nSPS) is 13.6. The number of rotatable bonds is 6. The number of carbonyl (C=O) groups excluding carboxylic acids is 1. The highest BCUT2D eigenvalue weighted by Crippen LogP contribution is 2.28. The predicted molar refractivity (Wildman–Crippen MR) is 96.8 cm³/mol. The summed E-state index contributed by atoms with van der Waals surface area (Å²) in [7, 11) is -3.20. The van der Waals surface area contributed by atoms with Crippen LogP contribution in [-0.4, -0.2) is 33.7 Å². The molecular weight excluding hydrogens is 338 g/mol. The highest BCUT2D eigenvalue weighted by atomic mass is 32.2. The number of nitrogens with zero attached hydrogens (tertiary/aromatic N) is 1. The highest BCUT2D eigenvalue weighted by Gasteiger charge is 2.23. The Kier molecular flexibility index (Phi) is 5.08. The lowest BCUT2D eigenvalue weighted by Crippen LogP contribution is -2.28. The van der Waals surface area contributed by atoms with Gasteiger partial charge in [0.15, 0.2) is 9.84 Å². The fourth-order valence-electron chi connectivity index (χ4n) is 2.93. The van der Waals surface area contributed by atoms with Gasteiger partial charge in [0.2, 0.25) is 5.91 Å². The molecule has 0 aromatic heterocycles. The minimum absolute atomic E-state index is 0.112. The Morgan fingerprint density at radius 1 is 1.12 bits per heavy atom. The molecule has 2 aromatic rings. The molecule has 0 saturated heterocycles. The van der Waals surface area contributed by atoms with Crippen molar-refractivity contribution in [3.63, 3.8) is 0 Å². The molecule has 0 atom stereocenters. The van der Waals surface area contributed by atoms with Gasteiger partial charge in [-0.1, -0.05) is 18.2 Å². The van der Waals surface area contributed by atoms with Crippen LogP contribution in [0.3, 0.4) is 0 Å². The van der Waals surface area contributed by atoms with Crippen molar-refractivity contribution in [1.82, 2.24) is 0 Å². The zero-order valence-electron chi connectivity index (χ0n) is 14.1. The topological polar surface area (TPSA) is 63.7 Å². The van der Waals surface area contributed by atoms with Gasteiger partial charge in [0, 0.05) is 24.9 Å². The molecule has 0 bridgehead atoms. The summed E-state index contributed by atoms with van der Waals surface area (Å²) in [5.41, 5.74) is 2.24. The second kappa shape index (κ2) is 7.27. The molecule has 1 amide bonds. The van der Waals surface area contributed by atoms with E-state index in [9.17, 15) is 13.2 Å². The van der Waals surface area contributed by atoms with Gasteiger partial charge in [-0.2, -0.15) is 0 Å². The number of anilines is 1. The lowest BCUT2D eigenvalue weighted by Gasteiger charge is -2.17. The summed E-state index contributed by atoms with van der Waals surface area (Å²) in [4.78, 5) is 14.5. The lowest BCUT2D eigenvalue weighted by molar-refractivity contribution is -0.118. The van der Waals surface area contributed by atoms with E-state index in [1.807, 2.05) is 23.1 Å². The maximum Gasteiger partial charge on any atom is 0.227 e. The molecule has 1 heterocycles. The molecule has 2 aromatic carbocycles. The van der Waals surface area contributed by atoms with Gasteiger partial charge in [-0.15, -0.1) is 0 Å². The molecule has 1 aliphatic heterocycles. The van der Waals surface area contributed by atoms with Gasteiger partial charge in [0.1, 0.15) is 5.75 Å². The molecule has 0 aliphatic carbocycles. The van der Waals surface area contributed by atoms with Crippen LogP contribution >= 0.6 is 0 Å². The van der Waals surface area contributed by atoms with Crippen LogP contribution in [0.1, 0.15) is 18.4 Å². The van der Waals surface area contributed by atoms with Crippen LogP contribution in [0, 0.1) is 0 Å². The summed E-state index contributed by atoms with van der Waals surface area (Å²) in [6, 6.07) is 14.3. The van der Waals surface area contributed by atoms with E-state index < -0.39 is 9.84 Å². The fourth-order valence-corrected chi connectivity index (χ4v) is 3.56. The van der Waals surface area contributed by atoms with E-state index >= 15 is 0 Å². The third-order valence-electron chi connectivity index (χ3n) is 4.24. The molecule has 0 N–H and O–H groups in total. The van der Waals surface area contributed by atoms with E-state index in [0.717, 1.165) is 18.7 Å². The predicted octanol–water partition coefficient (Wildman–Crippen LogP) is 2.84. The van der Waals surface area contributed by atoms with E-state index in [0.29, 0.717) is 25.2 Å². The number of sulfone groups is 1. The summed E-state index contributed by atoms with van der Waals surface area (Å²) in [5.74, 6) is 0.715. The first kappa shape index (κ1) is 17.5. The molecule has 0 unspecified atom stereocenters. The summed E-state index contributed by atoms with van der Waals surface area (Å²) in [6.45, 7) is 1.16. The van der Waals surface area contributed by atoms with E-state index in [1.54, 1.807) is 12.1 Å². The van der Waals surface area contributed by atoms with Gasteiger partial charge < -0.3 is 9.64 Å². The Labute approximate surface area is 148 Å². The van der Waals surface area contributed by atoms with Crippen molar-refractivity contribution in [1.29, 1.82) is 0 Å². The van der Waals surface area contributed by atoms with E-state index in [1.165, 1.54) is 24.0 Å². The van der Waals surface area contributed by atoms with Crippen molar-refractivity contribution in [3.8, 4) is 5.75 Å². The number of carbonyl (C=O) groups is 1. The zero-order valence-corrected chi connectivity index (χ0v) is 15.0. The Morgan fingerprint density at radius 2 is 1.84 bits per heavy atom. The van der Waals surface area contributed by atoms with Crippen LogP contribution in [0.25, 0.3) is 0 Å². The molecule has 0 fully saturated rings. The summed E-state index contributed by atoms with van der Waals surface area (Å²) in [5, 5.41) is 0. The molecule has 6 heteroatoms. The smallest absolute Gasteiger partial charge is 0.227 e. The first-order valence-corrected chi connectivity index (χ1v) is 10.2. The molecule has 5 nitrogen and oxygen atoms in total. The van der Waals surface area contributed by atoms with Crippen LogP contribution < -0.4 is 9.64 Å². The van der Waals surface area contributed by atoms with Crippen molar-refractivity contribution in [2.75, 3.05) is 24.3 Å². The fraction of sp³-hybridized carbons (Fsp3) is 0.316. The van der Waals surface area contributed by atoms with Crippen LogP contribution in [-0.2, 0) is 21.1 Å². The molecule has 132 valence electrons. The van der Waals surface area contributed by atoms with Gasteiger partial charge in [0.25, 0.3) is 0 Å². The van der Waals surface area contributed by atoms with Crippen LogP contribution in [0.15, 0.2) is 53.4 Å². The average molecular weight is 359 g/mol. The average Bonchev–Trinajstić information content (AvgIpc) is 3.02. The van der Waals surface area contributed by atoms with Gasteiger partial charge in [-0.05, 0) is 48.7 Å². The second-order valence-electron chi connectivity index (χ2n) is 6.12. The third-order valence-corrected chi connectivity index (χ3v) is 5.37. The number of fused-ring (bicyclic) bond motifs is 1. The molecule has 1 aliphatic rings. The van der Waals surface area contributed by atoms with Crippen LogP contribution in [0.5, 0.6) is 5.75 Å². The molecule has 25 heavy (non-hydrogen) atoms. The number of amides is 1. The summed E-state index contributed by atoms with van der Waals surface area (Å²) < 4.78 is 28.4. The van der Waals surface area contributed by atoms with Crippen molar-refractivity contribution in [3.05, 3.63) is 54.1 Å². The minimum atomic E-state index is -3.20. The van der Waals surface area contributed by atoms with E-state index in [-0.39, 0.29) is 10.8 Å². The highest BCUT2D eigenvalue weighted by molar-refractivity contribution is 7.90. The molecular formula is C19H21NO4S. The lowest BCUT2D eigenvalue weighted by atomic mass is 10.2. The number of para-hydroxylation sites is 1. The Morgan fingerprint density at radius 3 is 2.56 bits per heavy atom. The van der Waals surface area contributed by atoms with Crippen molar-refractivity contribution >= 4 is 21.4 Å². The first-order valence-electron chi connectivity index (χ1n) is 8.26. The first-order chi connectivity index (χ1) is 11.9. The monoisotopic (exact) mass is 359 g/mol. The third kappa shape index (κ3) is 4.20. The quantitative estimate of drug-likeness (QED) is 0.744. The van der Waals surface area contributed by atoms with Gasteiger partial charge in [-0.3, -0.25) is 4.79 Å². The van der Waals surface area contributed by atoms with Gasteiger partial charge in [0.05, 0.1) is 11.5 Å². The number of ether oxygens (including phenoxy) is 1. The Balaban J connectivity index is 1.47. The summed E-state index contributed by atoms with van der Waals surface area (Å²) >= 11 is 0. The SMILES string of the molecule is CS(=O)(=O)c1ccc(OCCCC(=O)N2CCc3ccccc32)cc1. The van der Waals surface area contributed by atoms with Gasteiger partial charge >= 0.3 is 0 Å². The Bertz CT molecular complexity index is 859. The minimum Gasteiger partial charge on any atom is -0.494 e. The maximum atomic E-state index is 12.4. The number of hydrogen-bond donors (Lipinski definition) is 0. The molecule has 0 radical (unpaired) electrons. The number of hydrogen-bond acceptors (Lipinski definition) is 4. The van der Waals surface area contributed by atoms with Crippen LogP contribution in [0.4, 0.5) is 5.69 Å². The zero-order chi connectivity index (χ0) is 17.9. The largest absolute Gasteiger partial charge is 0.494 e. The van der Waals surface area contributed by atoms with Crippen molar-refractivity contribution < 1.29 is 17.9 Å². The standard InChI is InChI=1S/C19H21NO4S/c1-25(22,23)17-10-8-16(9-11-17)24-14-4-7-19(21)20-13-12-15-5-2-3-6-18(15)20/h2-3,5-6,8-11H,4,7,12-14H2,1H3. The maximum absolute atomic E-state index is 12.4. The molecule has 0 spiro atoms. The van der Waals surface area contributed by atoms with Crippen molar-refractivity contribution in [2.24, 2.45) is 0 Å². The molecule has 3 rings (SSSR count). The second-order valence-corrected chi connectivity index (χ2v) is 8.14. The van der Waals surface area contributed by atoms with Crippen LogP contribution in [0.2, 0.25) is 0 Å². The Hall–Kier alpha value is -2.34. The van der Waals surface area contributed by atoms with E-state index in [2.05, 4.69) is 6.07 Å². The molecule has 0 saturated carbocycles. The van der Waals surface area contributed by atoms with Gasteiger partial charge in [-0.25, -0.2) is 8.42 Å². The van der Waals surface area contributed by atoms with Crippen molar-refractivity contribution in [2.45, 2.75) is 24.2 Å².